The average Bonchev–Trinajstić information content (AvgIpc) is 2.14. The van der Waals surface area contributed by atoms with Crippen LogP contribution in [0.25, 0.3) is 0 Å². The number of rotatable bonds is 2. The fourth-order valence-electron chi connectivity index (χ4n) is 1.70. The maximum absolute atomic E-state index is 10.9. The SMILES string of the molecule is Cc1ccc(C(C)C)nc1N1CC(=O)C1. The minimum Gasteiger partial charge on any atom is -0.342 e. The van der Waals surface area contributed by atoms with Gasteiger partial charge >= 0.3 is 0 Å². The molecule has 0 aromatic carbocycles. The van der Waals surface area contributed by atoms with Gasteiger partial charge < -0.3 is 4.90 Å². The molecule has 1 aromatic heterocycles. The lowest BCUT2D eigenvalue weighted by Crippen LogP contribution is -2.48. The Hall–Kier alpha value is -1.38. The lowest BCUT2D eigenvalue weighted by atomic mass is 10.1. The van der Waals surface area contributed by atoms with E-state index in [4.69, 9.17) is 0 Å². The molecule has 0 spiro atoms. The zero-order valence-corrected chi connectivity index (χ0v) is 9.45. The van der Waals surface area contributed by atoms with Gasteiger partial charge in [-0.05, 0) is 24.5 Å². The Kier molecular flexibility index (Phi) is 2.47. The second-order valence-electron chi connectivity index (χ2n) is 4.43. The molecule has 15 heavy (non-hydrogen) atoms. The largest absolute Gasteiger partial charge is 0.342 e. The molecule has 0 radical (unpaired) electrons. The highest BCUT2D eigenvalue weighted by molar-refractivity contribution is 5.95. The van der Waals surface area contributed by atoms with Crippen LogP contribution in [0, 0.1) is 6.92 Å². The summed E-state index contributed by atoms with van der Waals surface area (Å²) in [5.41, 5.74) is 2.24. The fraction of sp³-hybridized carbons (Fsp3) is 0.500. The van der Waals surface area contributed by atoms with E-state index in [1.54, 1.807) is 0 Å². The topological polar surface area (TPSA) is 33.2 Å². The van der Waals surface area contributed by atoms with Crippen molar-refractivity contribution >= 4 is 11.6 Å². The summed E-state index contributed by atoms with van der Waals surface area (Å²) in [4.78, 5) is 17.6. The minimum atomic E-state index is 0.297. The molecule has 2 rings (SSSR count). The Morgan fingerprint density at radius 1 is 1.33 bits per heavy atom. The van der Waals surface area contributed by atoms with Crippen LogP contribution in [0.4, 0.5) is 5.82 Å². The first-order valence-corrected chi connectivity index (χ1v) is 5.32. The lowest BCUT2D eigenvalue weighted by Gasteiger charge is -2.32. The van der Waals surface area contributed by atoms with E-state index in [1.165, 1.54) is 0 Å². The number of ketones is 1. The van der Waals surface area contributed by atoms with Gasteiger partial charge in [-0.1, -0.05) is 19.9 Å². The third-order valence-corrected chi connectivity index (χ3v) is 2.72. The highest BCUT2D eigenvalue weighted by atomic mass is 16.1. The lowest BCUT2D eigenvalue weighted by molar-refractivity contribution is -0.119. The predicted molar refractivity (Wildman–Crippen MR) is 60.3 cm³/mol. The molecule has 0 N–H and O–H groups in total. The molecule has 0 aliphatic carbocycles. The standard InChI is InChI=1S/C12H16N2O/c1-8(2)11-5-4-9(3)12(13-11)14-6-10(15)7-14/h4-5,8H,6-7H2,1-3H3. The molecule has 0 atom stereocenters. The second-order valence-corrected chi connectivity index (χ2v) is 4.43. The first-order valence-electron chi connectivity index (χ1n) is 5.32. The van der Waals surface area contributed by atoms with Crippen molar-refractivity contribution in [2.24, 2.45) is 0 Å². The van der Waals surface area contributed by atoms with Crippen molar-refractivity contribution in [3.8, 4) is 0 Å². The number of hydrogen-bond donors (Lipinski definition) is 0. The molecule has 3 nitrogen and oxygen atoms in total. The number of anilines is 1. The van der Waals surface area contributed by atoms with Gasteiger partial charge in [-0.25, -0.2) is 4.98 Å². The summed E-state index contributed by atoms with van der Waals surface area (Å²) in [7, 11) is 0. The Morgan fingerprint density at radius 3 is 2.53 bits per heavy atom. The molecule has 1 aromatic rings. The van der Waals surface area contributed by atoms with Gasteiger partial charge in [-0.3, -0.25) is 4.79 Å². The van der Waals surface area contributed by atoms with Crippen molar-refractivity contribution in [2.75, 3.05) is 18.0 Å². The first kappa shape index (κ1) is 10.1. The molecule has 0 unspecified atom stereocenters. The molecule has 1 fully saturated rings. The van der Waals surface area contributed by atoms with Gasteiger partial charge in [0.2, 0.25) is 0 Å². The Labute approximate surface area is 90.1 Å². The molecular formula is C12H16N2O. The summed E-state index contributed by atoms with van der Waals surface area (Å²) in [6.07, 6.45) is 0. The van der Waals surface area contributed by atoms with Crippen LogP contribution in [0.5, 0.6) is 0 Å². The molecule has 80 valence electrons. The van der Waals surface area contributed by atoms with Gasteiger partial charge in [-0.15, -0.1) is 0 Å². The van der Waals surface area contributed by atoms with Crippen LogP contribution >= 0.6 is 0 Å². The molecule has 3 heteroatoms. The molecule has 0 saturated carbocycles. The monoisotopic (exact) mass is 204 g/mol. The molecule has 2 heterocycles. The summed E-state index contributed by atoms with van der Waals surface area (Å²) < 4.78 is 0. The van der Waals surface area contributed by atoms with Crippen molar-refractivity contribution < 1.29 is 4.79 Å². The minimum absolute atomic E-state index is 0.297. The number of aromatic nitrogens is 1. The molecule has 1 aliphatic heterocycles. The highest BCUT2D eigenvalue weighted by Crippen LogP contribution is 2.23. The Morgan fingerprint density at radius 2 is 2.00 bits per heavy atom. The third-order valence-electron chi connectivity index (χ3n) is 2.72. The zero-order valence-electron chi connectivity index (χ0n) is 9.45. The number of aryl methyl sites for hydroxylation is 1. The van der Waals surface area contributed by atoms with E-state index in [1.807, 2.05) is 11.8 Å². The summed E-state index contributed by atoms with van der Waals surface area (Å²) in [5, 5.41) is 0. The summed E-state index contributed by atoms with van der Waals surface area (Å²) in [6.45, 7) is 7.34. The normalized spacial score (nSPS) is 15.7. The quantitative estimate of drug-likeness (QED) is 0.737. The number of pyridine rings is 1. The number of Topliss-reactive ketones (excluding diaryl/α,β-unsaturated/α-hetero) is 1. The van der Waals surface area contributed by atoms with Crippen LogP contribution < -0.4 is 4.90 Å². The van der Waals surface area contributed by atoms with Crippen molar-refractivity contribution in [2.45, 2.75) is 26.7 Å². The van der Waals surface area contributed by atoms with Crippen LogP contribution in [-0.2, 0) is 4.79 Å². The van der Waals surface area contributed by atoms with Crippen molar-refractivity contribution in [3.05, 3.63) is 23.4 Å². The van der Waals surface area contributed by atoms with Gasteiger partial charge in [0.15, 0.2) is 5.78 Å². The van der Waals surface area contributed by atoms with Crippen molar-refractivity contribution in [1.82, 2.24) is 4.98 Å². The smallest absolute Gasteiger partial charge is 0.171 e. The van der Waals surface area contributed by atoms with Gasteiger partial charge in [-0.2, -0.15) is 0 Å². The van der Waals surface area contributed by atoms with E-state index in [2.05, 4.69) is 31.0 Å². The summed E-state index contributed by atoms with van der Waals surface area (Å²) in [5.74, 6) is 1.70. The maximum Gasteiger partial charge on any atom is 0.171 e. The Balaban J connectivity index is 2.29. The maximum atomic E-state index is 10.9. The third kappa shape index (κ3) is 1.87. The molecule has 1 aliphatic rings. The number of carbonyl (C=O) groups excluding carboxylic acids is 1. The molecule has 1 saturated heterocycles. The van der Waals surface area contributed by atoms with E-state index in [-0.39, 0.29) is 0 Å². The number of hydrogen-bond acceptors (Lipinski definition) is 3. The van der Waals surface area contributed by atoms with E-state index in [0.717, 1.165) is 17.1 Å². The summed E-state index contributed by atoms with van der Waals surface area (Å²) >= 11 is 0. The Bertz CT molecular complexity index is 391. The van der Waals surface area contributed by atoms with Crippen LogP contribution in [0.2, 0.25) is 0 Å². The van der Waals surface area contributed by atoms with Crippen LogP contribution in [0.15, 0.2) is 12.1 Å². The predicted octanol–water partition coefficient (Wildman–Crippen LogP) is 1.90. The van der Waals surface area contributed by atoms with E-state index in [9.17, 15) is 4.79 Å². The van der Waals surface area contributed by atoms with Gasteiger partial charge in [0.05, 0.1) is 13.1 Å². The molecule has 0 bridgehead atoms. The highest BCUT2D eigenvalue weighted by Gasteiger charge is 2.26. The van der Waals surface area contributed by atoms with Gasteiger partial charge in [0.25, 0.3) is 0 Å². The van der Waals surface area contributed by atoms with Crippen molar-refractivity contribution in [1.29, 1.82) is 0 Å². The van der Waals surface area contributed by atoms with Crippen molar-refractivity contribution in [3.63, 3.8) is 0 Å². The fourth-order valence-corrected chi connectivity index (χ4v) is 1.70. The van der Waals surface area contributed by atoms with E-state index in [0.29, 0.717) is 24.8 Å². The van der Waals surface area contributed by atoms with Gasteiger partial charge in [0, 0.05) is 5.69 Å². The van der Waals surface area contributed by atoms with Crippen LogP contribution in [0.1, 0.15) is 31.0 Å². The average molecular weight is 204 g/mol. The number of carbonyl (C=O) groups is 1. The van der Waals surface area contributed by atoms with E-state index < -0.39 is 0 Å². The van der Waals surface area contributed by atoms with Gasteiger partial charge in [0.1, 0.15) is 5.82 Å². The zero-order chi connectivity index (χ0) is 11.0. The molecular weight excluding hydrogens is 188 g/mol. The second kappa shape index (κ2) is 3.65. The summed E-state index contributed by atoms with van der Waals surface area (Å²) in [6, 6.07) is 4.14. The first-order chi connectivity index (χ1) is 7.08. The number of nitrogens with zero attached hydrogens (tertiary/aromatic N) is 2. The van der Waals surface area contributed by atoms with E-state index >= 15 is 0 Å². The molecule has 0 amide bonds. The van der Waals surface area contributed by atoms with Crippen LogP contribution in [-0.4, -0.2) is 23.9 Å². The van der Waals surface area contributed by atoms with Crippen LogP contribution in [0.3, 0.4) is 0 Å².